The Balaban J connectivity index is 1.69. The van der Waals surface area contributed by atoms with Crippen LogP contribution in [0, 0.1) is 5.82 Å². The molecule has 23 heavy (non-hydrogen) atoms. The summed E-state index contributed by atoms with van der Waals surface area (Å²) in [5.41, 5.74) is 2.06. The summed E-state index contributed by atoms with van der Waals surface area (Å²) in [7, 11) is 2.03. The van der Waals surface area contributed by atoms with Crippen molar-refractivity contribution in [2.45, 2.75) is 19.5 Å². The van der Waals surface area contributed by atoms with E-state index in [0.717, 1.165) is 16.3 Å². The van der Waals surface area contributed by atoms with Gasteiger partial charge in [-0.3, -0.25) is 4.90 Å². The standard InChI is InChI=1S/C17H17FN4S/c1-12(13-4-6-14(18)7-5-13)22(2)10-15-11-23-17(21-15)16-19-8-3-9-20-16/h3-9,11-12H,10H2,1-2H3. The molecular weight excluding hydrogens is 311 g/mol. The van der Waals surface area contributed by atoms with Crippen LogP contribution in [0.5, 0.6) is 0 Å². The van der Waals surface area contributed by atoms with Crippen molar-refractivity contribution < 1.29 is 4.39 Å². The molecule has 1 aromatic carbocycles. The minimum absolute atomic E-state index is 0.175. The quantitative estimate of drug-likeness (QED) is 0.711. The number of nitrogens with zero attached hydrogens (tertiary/aromatic N) is 4. The first-order valence-electron chi connectivity index (χ1n) is 7.31. The van der Waals surface area contributed by atoms with Crippen molar-refractivity contribution in [3.63, 3.8) is 0 Å². The highest BCUT2D eigenvalue weighted by molar-refractivity contribution is 7.13. The minimum Gasteiger partial charge on any atom is -0.294 e. The first kappa shape index (κ1) is 15.7. The zero-order chi connectivity index (χ0) is 16.2. The van der Waals surface area contributed by atoms with Crippen LogP contribution in [0.4, 0.5) is 4.39 Å². The van der Waals surface area contributed by atoms with Crippen molar-refractivity contribution >= 4 is 11.3 Å². The van der Waals surface area contributed by atoms with Gasteiger partial charge in [0.2, 0.25) is 0 Å². The molecule has 4 nitrogen and oxygen atoms in total. The van der Waals surface area contributed by atoms with Crippen molar-refractivity contribution in [1.29, 1.82) is 0 Å². The van der Waals surface area contributed by atoms with Crippen LogP contribution in [0.25, 0.3) is 10.8 Å². The van der Waals surface area contributed by atoms with Gasteiger partial charge in [0, 0.05) is 30.4 Å². The fraction of sp³-hybridized carbons (Fsp3) is 0.235. The lowest BCUT2D eigenvalue weighted by Crippen LogP contribution is -2.22. The Kier molecular flexibility index (Phi) is 4.73. The SMILES string of the molecule is CC(c1ccc(F)cc1)N(C)Cc1csc(-c2ncccn2)n1. The van der Waals surface area contributed by atoms with E-state index in [2.05, 4.69) is 26.8 Å². The molecule has 0 aliphatic heterocycles. The molecule has 118 valence electrons. The summed E-state index contributed by atoms with van der Waals surface area (Å²) < 4.78 is 13.0. The lowest BCUT2D eigenvalue weighted by atomic mass is 10.1. The molecule has 1 atom stereocenters. The summed E-state index contributed by atoms with van der Waals surface area (Å²) in [6, 6.07) is 8.59. The van der Waals surface area contributed by atoms with Crippen LogP contribution in [0.1, 0.15) is 24.2 Å². The zero-order valence-corrected chi connectivity index (χ0v) is 13.8. The Morgan fingerprint density at radius 1 is 1.17 bits per heavy atom. The number of rotatable bonds is 5. The molecule has 2 heterocycles. The maximum Gasteiger partial charge on any atom is 0.188 e. The third-order valence-corrected chi connectivity index (χ3v) is 4.62. The number of hydrogen-bond donors (Lipinski definition) is 0. The van der Waals surface area contributed by atoms with Gasteiger partial charge in [-0.1, -0.05) is 12.1 Å². The summed E-state index contributed by atoms with van der Waals surface area (Å²) in [5, 5.41) is 2.85. The predicted octanol–water partition coefficient (Wildman–Crippen LogP) is 3.93. The molecule has 3 rings (SSSR count). The van der Waals surface area contributed by atoms with E-state index in [4.69, 9.17) is 0 Å². The summed E-state index contributed by atoms with van der Waals surface area (Å²) in [4.78, 5) is 15.2. The minimum atomic E-state index is -0.212. The molecule has 0 saturated carbocycles. The Bertz CT molecular complexity index is 758. The second-order valence-electron chi connectivity index (χ2n) is 5.36. The molecule has 1 unspecified atom stereocenters. The largest absolute Gasteiger partial charge is 0.294 e. The van der Waals surface area contributed by atoms with Gasteiger partial charge in [0.1, 0.15) is 5.82 Å². The van der Waals surface area contributed by atoms with Gasteiger partial charge in [0.05, 0.1) is 5.69 Å². The van der Waals surface area contributed by atoms with Crippen molar-refractivity contribution in [3.8, 4) is 10.8 Å². The van der Waals surface area contributed by atoms with Crippen molar-refractivity contribution in [2.24, 2.45) is 0 Å². The Morgan fingerprint density at radius 2 is 1.87 bits per heavy atom. The number of hydrogen-bond acceptors (Lipinski definition) is 5. The van der Waals surface area contributed by atoms with Crippen LogP contribution in [0.3, 0.4) is 0 Å². The Labute approximate surface area is 138 Å². The van der Waals surface area contributed by atoms with E-state index in [1.54, 1.807) is 29.8 Å². The molecule has 0 fully saturated rings. The van der Waals surface area contributed by atoms with Crippen LogP contribution in [-0.4, -0.2) is 26.9 Å². The van der Waals surface area contributed by atoms with Crippen LogP contribution >= 0.6 is 11.3 Å². The number of thiazole rings is 1. The Hall–Kier alpha value is -2.18. The van der Waals surface area contributed by atoms with Gasteiger partial charge in [-0.2, -0.15) is 0 Å². The van der Waals surface area contributed by atoms with E-state index >= 15 is 0 Å². The van der Waals surface area contributed by atoms with E-state index in [-0.39, 0.29) is 11.9 Å². The highest BCUT2D eigenvalue weighted by atomic mass is 32.1. The van der Waals surface area contributed by atoms with Crippen LogP contribution < -0.4 is 0 Å². The second kappa shape index (κ2) is 6.93. The molecule has 6 heteroatoms. The Morgan fingerprint density at radius 3 is 2.57 bits per heavy atom. The maximum absolute atomic E-state index is 13.0. The number of halogens is 1. The van der Waals surface area contributed by atoms with Crippen molar-refractivity contribution in [3.05, 3.63) is 65.2 Å². The average Bonchev–Trinajstić information content (AvgIpc) is 3.04. The normalized spacial score (nSPS) is 12.5. The fourth-order valence-corrected chi connectivity index (χ4v) is 3.04. The summed E-state index contributed by atoms with van der Waals surface area (Å²) >= 11 is 1.54. The van der Waals surface area contributed by atoms with E-state index in [1.807, 2.05) is 24.6 Å². The van der Waals surface area contributed by atoms with E-state index in [9.17, 15) is 4.39 Å². The summed E-state index contributed by atoms with van der Waals surface area (Å²) in [6.45, 7) is 2.81. The highest BCUT2D eigenvalue weighted by Crippen LogP contribution is 2.24. The topological polar surface area (TPSA) is 41.9 Å². The summed E-state index contributed by atoms with van der Waals surface area (Å²) in [6.07, 6.45) is 3.43. The summed E-state index contributed by atoms with van der Waals surface area (Å²) in [5.74, 6) is 0.439. The van der Waals surface area contributed by atoms with Crippen LogP contribution in [0.15, 0.2) is 48.1 Å². The molecule has 0 saturated heterocycles. The highest BCUT2D eigenvalue weighted by Gasteiger charge is 2.14. The lowest BCUT2D eigenvalue weighted by Gasteiger charge is -2.24. The van der Waals surface area contributed by atoms with Crippen LogP contribution in [0.2, 0.25) is 0 Å². The number of aromatic nitrogens is 3. The molecule has 0 amide bonds. The molecule has 0 radical (unpaired) electrons. The molecule has 0 N–H and O–H groups in total. The van der Waals surface area contributed by atoms with Gasteiger partial charge in [-0.25, -0.2) is 19.3 Å². The molecule has 0 bridgehead atoms. The van der Waals surface area contributed by atoms with E-state index in [0.29, 0.717) is 12.4 Å². The van der Waals surface area contributed by atoms with Crippen molar-refractivity contribution in [2.75, 3.05) is 7.05 Å². The van der Waals surface area contributed by atoms with Gasteiger partial charge in [-0.05, 0) is 37.7 Å². The van der Waals surface area contributed by atoms with E-state index < -0.39 is 0 Å². The molecule has 0 aliphatic rings. The molecule has 0 spiro atoms. The maximum atomic E-state index is 13.0. The van der Waals surface area contributed by atoms with Gasteiger partial charge in [0.15, 0.2) is 10.8 Å². The molecule has 3 aromatic rings. The smallest absolute Gasteiger partial charge is 0.188 e. The van der Waals surface area contributed by atoms with E-state index in [1.165, 1.54) is 12.1 Å². The van der Waals surface area contributed by atoms with Gasteiger partial charge >= 0.3 is 0 Å². The monoisotopic (exact) mass is 328 g/mol. The zero-order valence-electron chi connectivity index (χ0n) is 13.0. The molecule has 0 aliphatic carbocycles. The van der Waals surface area contributed by atoms with Gasteiger partial charge in [-0.15, -0.1) is 11.3 Å². The fourth-order valence-electron chi connectivity index (χ4n) is 2.28. The third-order valence-electron chi connectivity index (χ3n) is 3.73. The van der Waals surface area contributed by atoms with Gasteiger partial charge < -0.3 is 0 Å². The second-order valence-corrected chi connectivity index (χ2v) is 6.22. The number of benzene rings is 1. The first-order chi connectivity index (χ1) is 11.1. The third kappa shape index (κ3) is 3.78. The first-order valence-corrected chi connectivity index (χ1v) is 8.19. The van der Waals surface area contributed by atoms with Crippen molar-refractivity contribution in [1.82, 2.24) is 19.9 Å². The molecule has 2 aromatic heterocycles. The lowest BCUT2D eigenvalue weighted by molar-refractivity contribution is 0.250. The molecular formula is C17H17FN4S. The predicted molar refractivity (Wildman–Crippen MR) is 89.4 cm³/mol. The van der Waals surface area contributed by atoms with Gasteiger partial charge in [0.25, 0.3) is 0 Å². The average molecular weight is 328 g/mol. The van der Waals surface area contributed by atoms with Crippen LogP contribution in [-0.2, 0) is 6.54 Å².